The third kappa shape index (κ3) is 4.04. The van der Waals surface area contributed by atoms with Gasteiger partial charge in [0, 0.05) is 6.04 Å². The van der Waals surface area contributed by atoms with Gasteiger partial charge in [-0.25, -0.2) is 0 Å². The number of rotatable bonds is 5. The van der Waals surface area contributed by atoms with Crippen LogP contribution in [0.4, 0.5) is 0 Å². The van der Waals surface area contributed by atoms with E-state index in [9.17, 15) is 0 Å². The molecule has 0 spiro atoms. The van der Waals surface area contributed by atoms with Crippen LogP contribution in [0, 0.1) is 0 Å². The predicted molar refractivity (Wildman–Crippen MR) is 71.6 cm³/mol. The summed E-state index contributed by atoms with van der Waals surface area (Å²) in [5.41, 5.74) is 1.41. The predicted octanol–water partition coefficient (Wildman–Crippen LogP) is 3.16. The second-order valence-electron chi connectivity index (χ2n) is 4.84. The van der Waals surface area contributed by atoms with Crippen molar-refractivity contribution in [3.63, 3.8) is 0 Å². The summed E-state index contributed by atoms with van der Waals surface area (Å²) in [7, 11) is 0. The summed E-state index contributed by atoms with van der Waals surface area (Å²) in [6.07, 6.45) is 6.23. The fourth-order valence-electron chi connectivity index (χ4n) is 2.32. The monoisotopic (exact) mass is 233 g/mol. The molecule has 1 aromatic carbocycles. The van der Waals surface area contributed by atoms with E-state index in [1.807, 2.05) is 0 Å². The summed E-state index contributed by atoms with van der Waals surface area (Å²) >= 11 is 0. The molecule has 0 amide bonds. The first kappa shape index (κ1) is 12.4. The highest BCUT2D eigenvalue weighted by molar-refractivity contribution is 5.27. The minimum Gasteiger partial charge on any atom is -0.494 e. The maximum atomic E-state index is 5.58. The molecule has 0 saturated carbocycles. The number of ether oxygens (including phenoxy) is 1. The van der Waals surface area contributed by atoms with Crippen LogP contribution >= 0.6 is 0 Å². The molecule has 1 unspecified atom stereocenters. The molecule has 1 heterocycles. The second kappa shape index (κ2) is 6.65. The van der Waals surface area contributed by atoms with Crippen LogP contribution in [0.25, 0.3) is 0 Å². The van der Waals surface area contributed by atoms with E-state index in [0.29, 0.717) is 6.04 Å². The third-order valence-corrected chi connectivity index (χ3v) is 3.29. The summed E-state index contributed by atoms with van der Waals surface area (Å²) in [4.78, 5) is 0. The molecule has 94 valence electrons. The first-order chi connectivity index (χ1) is 8.38. The Balaban J connectivity index is 1.84. The molecule has 1 fully saturated rings. The Labute approximate surface area is 104 Å². The van der Waals surface area contributed by atoms with Crippen molar-refractivity contribution >= 4 is 0 Å². The zero-order valence-electron chi connectivity index (χ0n) is 10.7. The van der Waals surface area contributed by atoms with Crippen LogP contribution in [0.5, 0.6) is 5.75 Å². The van der Waals surface area contributed by atoms with Gasteiger partial charge < -0.3 is 10.1 Å². The topological polar surface area (TPSA) is 21.3 Å². The molecule has 1 atom stereocenters. The van der Waals surface area contributed by atoms with E-state index in [2.05, 4.69) is 36.5 Å². The van der Waals surface area contributed by atoms with Crippen molar-refractivity contribution in [2.24, 2.45) is 0 Å². The van der Waals surface area contributed by atoms with Crippen LogP contribution in [-0.2, 0) is 6.42 Å². The van der Waals surface area contributed by atoms with Gasteiger partial charge in [-0.1, -0.05) is 25.5 Å². The van der Waals surface area contributed by atoms with E-state index in [4.69, 9.17) is 4.74 Å². The van der Waals surface area contributed by atoms with Crippen LogP contribution in [-0.4, -0.2) is 19.2 Å². The van der Waals surface area contributed by atoms with Gasteiger partial charge in [-0.15, -0.1) is 0 Å². The first-order valence-electron chi connectivity index (χ1n) is 6.83. The van der Waals surface area contributed by atoms with Crippen molar-refractivity contribution in [2.45, 2.75) is 45.1 Å². The fraction of sp³-hybridized carbons (Fsp3) is 0.600. The highest BCUT2D eigenvalue weighted by Crippen LogP contribution is 2.16. The molecule has 0 aliphatic carbocycles. The minimum atomic E-state index is 0.672. The van der Waals surface area contributed by atoms with E-state index in [1.54, 1.807) is 0 Å². The average Bonchev–Trinajstić information content (AvgIpc) is 2.39. The molecule has 1 aliphatic rings. The lowest BCUT2D eigenvalue weighted by Gasteiger charge is -2.23. The quantitative estimate of drug-likeness (QED) is 0.843. The van der Waals surface area contributed by atoms with Gasteiger partial charge in [0.2, 0.25) is 0 Å². The molecule has 2 rings (SSSR count). The summed E-state index contributed by atoms with van der Waals surface area (Å²) in [5.74, 6) is 0.993. The van der Waals surface area contributed by atoms with Gasteiger partial charge in [-0.05, 0) is 49.9 Å². The molecule has 1 N–H and O–H groups in total. The Morgan fingerprint density at radius 3 is 2.71 bits per heavy atom. The maximum absolute atomic E-state index is 5.58. The average molecular weight is 233 g/mol. The molecule has 1 aliphatic heterocycles. The Kier molecular flexibility index (Phi) is 4.87. The molecule has 17 heavy (non-hydrogen) atoms. The molecule has 2 nitrogen and oxygen atoms in total. The fourth-order valence-corrected chi connectivity index (χ4v) is 2.32. The number of piperidine rings is 1. The van der Waals surface area contributed by atoms with Gasteiger partial charge in [-0.2, -0.15) is 0 Å². The van der Waals surface area contributed by atoms with Crippen molar-refractivity contribution in [1.29, 1.82) is 0 Å². The van der Waals surface area contributed by atoms with E-state index < -0.39 is 0 Å². The van der Waals surface area contributed by atoms with E-state index in [1.165, 1.54) is 31.4 Å². The summed E-state index contributed by atoms with van der Waals surface area (Å²) in [6, 6.07) is 9.25. The Bertz CT molecular complexity index is 314. The van der Waals surface area contributed by atoms with Gasteiger partial charge >= 0.3 is 0 Å². The third-order valence-electron chi connectivity index (χ3n) is 3.29. The molecule has 1 aromatic rings. The Morgan fingerprint density at radius 1 is 1.24 bits per heavy atom. The first-order valence-corrected chi connectivity index (χ1v) is 6.83. The van der Waals surface area contributed by atoms with Gasteiger partial charge in [0.15, 0.2) is 0 Å². The molecular formula is C15H23NO. The highest BCUT2D eigenvalue weighted by Gasteiger charge is 2.12. The van der Waals surface area contributed by atoms with Crippen molar-refractivity contribution in [3.8, 4) is 5.75 Å². The normalized spacial score (nSPS) is 20.2. The molecule has 1 saturated heterocycles. The zero-order chi connectivity index (χ0) is 11.9. The number of nitrogens with one attached hydrogen (secondary N) is 1. The molecule has 2 heteroatoms. The standard InChI is InChI=1S/C15H23NO/c1-2-11-17-15-8-6-13(7-9-15)12-14-5-3-4-10-16-14/h6-9,14,16H,2-5,10-12H2,1H3. The molecular weight excluding hydrogens is 210 g/mol. The lowest BCUT2D eigenvalue weighted by molar-refractivity contribution is 0.317. The van der Waals surface area contributed by atoms with Crippen molar-refractivity contribution in [3.05, 3.63) is 29.8 Å². The molecule has 0 radical (unpaired) electrons. The largest absolute Gasteiger partial charge is 0.494 e. The highest BCUT2D eigenvalue weighted by atomic mass is 16.5. The van der Waals surface area contributed by atoms with Crippen LogP contribution in [0.2, 0.25) is 0 Å². The number of benzene rings is 1. The van der Waals surface area contributed by atoms with Crippen LogP contribution < -0.4 is 10.1 Å². The van der Waals surface area contributed by atoms with Crippen LogP contribution in [0.3, 0.4) is 0 Å². The van der Waals surface area contributed by atoms with Gasteiger partial charge in [0.25, 0.3) is 0 Å². The second-order valence-corrected chi connectivity index (χ2v) is 4.84. The Morgan fingerprint density at radius 2 is 2.06 bits per heavy atom. The summed E-state index contributed by atoms with van der Waals surface area (Å²) in [5, 5.41) is 3.59. The minimum absolute atomic E-state index is 0.672. The molecule has 0 bridgehead atoms. The summed E-state index contributed by atoms with van der Waals surface area (Å²) in [6.45, 7) is 4.12. The lowest BCUT2D eigenvalue weighted by Crippen LogP contribution is -2.35. The van der Waals surface area contributed by atoms with Crippen molar-refractivity contribution in [1.82, 2.24) is 5.32 Å². The van der Waals surface area contributed by atoms with Crippen LogP contribution in [0.1, 0.15) is 38.2 Å². The van der Waals surface area contributed by atoms with Crippen molar-refractivity contribution < 1.29 is 4.74 Å². The van der Waals surface area contributed by atoms with Crippen LogP contribution in [0.15, 0.2) is 24.3 Å². The smallest absolute Gasteiger partial charge is 0.119 e. The Hall–Kier alpha value is -1.02. The maximum Gasteiger partial charge on any atom is 0.119 e. The van der Waals surface area contributed by atoms with Gasteiger partial charge in [0.1, 0.15) is 5.75 Å². The lowest BCUT2D eigenvalue weighted by atomic mass is 9.98. The number of hydrogen-bond acceptors (Lipinski definition) is 2. The number of hydrogen-bond donors (Lipinski definition) is 1. The summed E-state index contributed by atoms with van der Waals surface area (Å²) < 4.78 is 5.58. The van der Waals surface area contributed by atoms with Gasteiger partial charge in [0.05, 0.1) is 6.61 Å². The van der Waals surface area contributed by atoms with Crippen molar-refractivity contribution in [2.75, 3.05) is 13.2 Å². The van der Waals surface area contributed by atoms with Gasteiger partial charge in [-0.3, -0.25) is 0 Å². The van der Waals surface area contributed by atoms with E-state index >= 15 is 0 Å². The SMILES string of the molecule is CCCOc1ccc(CC2CCCCN2)cc1. The van der Waals surface area contributed by atoms with E-state index in [-0.39, 0.29) is 0 Å². The zero-order valence-corrected chi connectivity index (χ0v) is 10.7. The van der Waals surface area contributed by atoms with E-state index in [0.717, 1.165) is 25.2 Å². The molecule has 0 aromatic heterocycles.